The maximum absolute atomic E-state index is 6.07. The first-order valence-corrected chi connectivity index (χ1v) is 8.71. The van der Waals surface area contributed by atoms with Crippen LogP contribution in [0.4, 0.5) is 5.69 Å². The lowest BCUT2D eigenvalue weighted by molar-refractivity contribution is 0.256. The third kappa shape index (κ3) is 7.44. The smallest absolute Gasteiger partial charge is 0.188 e. The second kappa shape index (κ2) is 11.0. The molecule has 0 amide bonds. The quantitative estimate of drug-likeness (QED) is 0.294. The van der Waals surface area contributed by atoms with E-state index >= 15 is 0 Å². The summed E-state index contributed by atoms with van der Waals surface area (Å²) in [5.41, 5.74) is 7.01. The van der Waals surface area contributed by atoms with Crippen LogP contribution in [0.15, 0.2) is 29.3 Å². The van der Waals surface area contributed by atoms with E-state index in [0.717, 1.165) is 50.7 Å². The van der Waals surface area contributed by atoms with Gasteiger partial charge < -0.3 is 16.0 Å². The van der Waals surface area contributed by atoms with Gasteiger partial charge in [-0.15, -0.1) is 24.0 Å². The molecule has 1 aromatic carbocycles. The molecule has 0 aromatic heterocycles. The first kappa shape index (κ1) is 21.3. The highest BCUT2D eigenvalue weighted by molar-refractivity contribution is 14.0. The van der Waals surface area contributed by atoms with Gasteiger partial charge in [-0.3, -0.25) is 9.89 Å². The predicted molar refractivity (Wildman–Crippen MR) is 115 cm³/mol. The van der Waals surface area contributed by atoms with Crippen LogP contribution in [0.2, 0.25) is 5.02 Å². The third-order valence-corrected chi connectivity index (χ3v) is 4.13. The van der Waals surface area contributed by atoms with Crippen LogP contribution in [-0.4, -0.2) is 56.2 Å². The summed E-state index contributed by atoms with van der Waals surface area (Å²) in [7, 11) is 0. The number of aliphatic imine (C=N–C) groups is 1. The van der Waals surface area contributed by atoms with Crippen LogP contribution in [0.3, 0.4) is 0 Å². The number of piperazine rings is 1. The molecule has 24 heavy (non-hydrogen) atoms. The van der Waals surface area contributed by atoms with E-state index in [-0.39, 0.29) is 24.0 Å². The Morgan fingerprint density at radius 3 is 2.62 bits per heavy atom. The monoisotopic (exact) mass is 465 g/mol. The highest BCUT2D eigenvalue weighted by atomic mass is 127. The molecule has 1 saturated heterocycles. The van der Waals surface area contributed by atoms with E-state index in [1.807, 2.05) is 18.2 Å². The van der Waals surface area contributed by atoms with Gasteiger partial charge in [0.05, 0.1) is 0 Å². The Morgan fingerprint density at radius 1 is 1.29 bits per heavy atom. The van der Waals surface area contributed by atoms with Gasteiger partial charge in [0, 0.05) is 56.0 Å². The van der Waals surface area contributed by atoms with Gasteiger partial charge in [0.25, 0.3) is 0 Å². The van der Waals surface area contributed by atoms with Crippen molar-refractivity contribution >= 4 is 47.2 Å². The molecule has 0 saturated carbocycles. The Morgan fingerprint density at radius 2 is 2.00 bits per heavy atom. The SMILES string of the molecule is CC(C)NC(N)=NCCCN1CCN(c2cccc(Cl)c2)CC1.I. The number of benzene rings is 1. The molecule has 5 nitrogen and oxygen atoms in total. The topological polar surface area (TPSA) is 56.9 Å². The molecule has 3 N–H and O–H groups in total. The van der Waals surface area contributed by atoms with E-state index in [9.17, 15) is 0 Å². The largest absolute Gasteiger partial charge is 0.370 e. The number of nitrogens with two attached hydrogens (primary N) is 1. The molecule has 7 heteroatoms. The van der Waals surface area contributed by atoms with E-state index in [4.69, 9.17) is 17.3 Å². The van der Waals surface area contributed by atoms with Gasteiger partial charge in [-0.25, -0.2) is 0 Å². The fourth-order valence-corrected chi connectivity index (χ4v) is 2.92. The van der Waals surface area contributed by atoms with E-state index in [0.29, 0.717) is 12.0 Å². The van der Waals surface area contributed by atoms with E-state index in [1.165, 1.54) is 5.69 Å². The third-order valence-electron chi connectivity index (χ3n) is 3.90. The Kier molecular flexibility index (Phi) is 9.76. The zero-order chi connectivity index (χ0) is 16.7. The number of anilines is 1. The normalized spacial score (nSPS) is 16.2. The molecule has 136 valence electrons. The van der Waals surface area contributed by atoms with Crippen molar-refractivity contribution in [1.82, 2.24) is 10.2 Å². The Labute approximate surface area is 167 Å². The Balaban J connectivity index is 0.00000288. The zero-order valence-electron chi connectivity index (χ0n) is 14.5. The number of hydrogen-bond donors (Lipinski definition) is 2. The van der Waals surface area contributed by atoms with Gasteiger partial charge in [0.15, 0.2) is 5.96 Å². The summed E-state index contributed by atoms with van der Waals surface area (Å²) in [6.45, 7) is 10.2. The summed E-state index contributed by atoms with van der Waals surface area (Å²) < 4.78 is 0. The van der Waals surface area contributed by atoms with E-state index < -0.39 is 0 Å². The van der Waals surface area contributed by atoms with Crippen LogP contribution in [-0.2, 0) is 0 Å². The molecule has 1 aliphatic rings. The standard InChI is InChI=1S/C17H28ClN5.HI/c1-14(2)21-17(19)20-7-4-8-22-9-11-23(12-10-22)16-6-3-5-15(18)13-16;/h3,5-6,13-14H,4,7-12H2,1-2H3,(H3,19,20,21);1H. The molecule has 0 bridgehead atoms. The highest BCUT2D eigenvalue weighted by Crippen LogP contribution is 2.20. The summed E-state index contributed by atoms with van der Waals surface area (Å²) in [6, 6.07) is 8.43. The molecule has 1 fully saturated rings. The van der Waals surface area contributed by atoms with Gasteiger partial charge in [-0.2, -0.15) is 0 Å². The Bertz CT molecular complexity index is 515. The average Bonchev–Trinajstić information content (AvgIpc) is 2.51. The van der Waals surface area contributed by atoms with Gasteiger partial charge >= 0.3 is 0 Å². The Hall–Kier alpha value is -0.730. The maximum Gasteiger partial charge on any atom is 0.188 e. The second-order valence-electron chi connectivity index (χ2n) is 6.23. The number of rotatable bonds is 6. The van der Waals surface area contributed by atoms with Gasteiger partial charge in [0.1, 0.15) is 0 Å². The zero-order valence-corrected chi connectivity index (χ0v) is 17.6. The lowest BCUT2D eigenvalue weighted by Gasteiger charge is -2.36. The van der Waals surface area contributed by atoms with Gasteiger partial charge in [0.2, 0.25) is 0 Å². The summed E-state index contributed by atoms with van der Waals surface area (Å²) >= 11 is 6.07. The average molecular weight is 466 g/mol. The van der Waals surface area contributed by atoms with E-state index in [1.54, 1.807) is 0 Å². The molecule has 0 unspecified atom stereocenters. The summed E-state index contributed by atoms with van der Waals surface area (Å²) in [5.74, 6) is 0.547. The van der Waals surface area contributed by atoms with Crippen molar-refractivity contribution in [3.8, 4) is 0 Å². The number of hydrogen-bond acceptors (Lipinski definition) is 3. The van der Waals surface area contributed by atoms with Crippen LogP contribution in [0, 0.1) is 0 Å². The predicted octanol–water partition coefficient (Wildman–Crippen LogP) is 2.78. The minimum absolute atomic E-state index is 0. The highest BCUT2D eigenvalue weighted by Gasteiger charge is 2.16. The number of halogens is 2. The second-order valence-corrected chi connectivity index (χ2v) is 6.66. The maximum atomic E-state index is 6.07. The molecular weight excluding hydrogens is 437 g/mol. The summed E-state index contributed by atoms with van der Waals surface area (Å²) in [5, 5.41) is 3.91. The number of guanidine groups is 1. The minimum Gasteiger partial charge on any atom is -0.370 e. The van der Waals surface area contributed by atoms with Crippen LogP contribution in [0.5, 0.6) is 0 Å². The van der Waals surface area contributed by atoms with Gasteiger partial charge in [-0.1, -0.05) is 17.7 Å². The first-order valence-electron chi connectivity index (χ1n) is 8.34. The molecule has 1 aromatic rings. The first-order chi connectivity index (χ1) is 11.0. The molecule has 0 radical (unpaired) electrons. The number of nitrogens with zero attached hydrogens (tertiary/aromatic N) is 3. The van der Waals surface area contributed by atoms with Crippen molar-refractivity contribution in [2.45, 2.75) is 26.3 Å². The van der Waals surface area contributed by atoms with Gasteiger partial charge in [-0.05, 0) is 38.5 Å². The van der Waals surface area contributed by atoms with Crippen molar-refractivity contribution in [1.29, 1.82) is 0 Å². The van der Waals surface area contributed by atoms with Crippen LogP contribution < -0.4 is 16.0 Å². The molecule has 1 heterocycles. The molecule has 2 rings (SSSR count). The fraction of sp³-hybridized carbons (Fsp3) is 0.588. The van der Waals surface area contributed by atoms with E-state index in [2.05, 4.69) is 40.0 Å². The minimum atomic E-state index is 0. The van der Waals surface area contributed by atoms with Crippen LogP contribution in [0.25, 0.3) is 0 Å². The van der Waals surface area contributed by atoms with Crippen LogP contribution in [0.1, 0.15) is 20.3 Å². The molecule has 0 spiro atoms. The molecular formula is C17H29ClIN5. The summed E-state index contributed by atoms with van der Waals surface area (Å²) in [6.07, 6.45) is 1.04. The van der Waals surface area contributed by atoms with Crippen molar-refractivity contribution in [2.24, 2.45) is 10.7 Å². The van der Waals surface area contributed by atoms with Crippen molar-refractivity contribution < 1.29 is 0 Å². The lowest BCUT2D eigenvalue weighted by atomic mass is 10.2. The lowest BCUT2D eigenvalue weighted by Crippen LogP contribution is -2.46. The fourth-order valence-electron chi connectivity index (χ4n) is 2.74. The molecule has 0 atom stereocenters. The number of nitrogens with one attached hydrogen (secondary N) is 1. The van der Waals surface area contributed by atoms with Crippen molar-refractivity contribution in [2.75, 3.05) is 44.2 Å². The molecule has 0 aliphatic carbocycles. The van der Waals surface area contributed by atoms with Crippen molar-refractivity contribution in [3.63, 3.8) is 0 Å². The van der Waals surface area contributed by atoms with Crippen molar-refractivity contribution in [3.05, 3.63) is 29.3 Å². The molecule has 1 aliphatic heterocycles. The van der Waals surface area contributed by atoms with Crippen LogP contribution >= 0.6 is 35.6 Å². The summed E-state index contributed by atoms with van der Waals surface area (Å²) in [4.78, 5) is 9.24.